The minimum Gasteiger partial charge on any atom is -0.376 e. The molecular formula is C22H33N5OS2. The molecule has 0 bridgehead atoms. The van der Waals surface area contributed by atoms with Gasteiger partial charge in [0.25, 0.3) is 0 Å². The molecule has 0 amide bonds. The fourth-order valence-corrected chi connectivity index (χ4v) is 5.94. The zero-order valence-electron chi connectivity index (χ0n) is 17.9. The minimum atomic E-state index is 0.284. The lowest BCUT2D eigenvalue weighted by Crippen LogP contribution is -2.51. The van der Waals surface area contributed by atoms with Crippen molar-refractivity contribution in [1.82, 2.24) is 15.5 Å². The van der Waals surface area contributed by atoms with Crippen LogP contribution < -0.4 is 15.5 Å². The van der Waals surface area contributed by atoms with E-state index in [0.29, 0.717) is 12.1 Å². The van der Waals surface area contributed by atoms with Gasteiger partial charge in [0, 0.05) is 50.7 Å². The Hall–Kier alpha value is -1.61. The van der Waals surface area contributed by atoms with Gasteiger partial charge in [0.2, 0.25) is 0 Å². The number of thiophene rings is 2. The Morgan fingerprint density at radius 3 is 2.67 bits per heavy atom. The Labute approximate surface area is 187 Å². The Bertz CT molecular complexity index is 772. The number of ether oxygens (including phenoxy) is 1. The number of hydrogen-bond donors (Lipinski definition) is 2. The first-order chi connectivity index (χ1) is 14.7. The van der Waals surface area contributed by atoms with Gasteiger partial charge in [-0.1, -0.05) is 6.07 Å². The second-order valence-corrected chi connectivity index (χ2v) is 9.92. The van der Waals surface area contributed by atoms with Gasteiger partial charge >= 0.3 is 0 Å². The highest BCUT2D eigenvalue weighted by Gasteiger charge is 2.27. The molecule has 4 heterocycles. The summed E-state index contributed by atoms with van der Waals surface area (Å²) in [6.45, 7) is 7.95. The minimum absolute atomic E-state index is 0.284. The highest BCUT2D eigenvalue weighted by molar-refractivity contribution is 7.14. The highest BCUT2D eigenvalue weighted by atomic mass is 32.1. The quantitative estimate of drug-likeness (QED) is 0.525. The first-order valence-electron chi connectivity index (χ1n) is 10.9. The van der Waals surface area contributed by atoms with Gasteiger partial charge in [0.15, 0.2) is 5.96 Å². The van der Waals surface area contributed by atoms with Crippen molar-refractivity contribution in [2.75, 3.05) is 51.3 Å². The Morgan fingerprint density at radius 2 is 2.00 bits per heavy atom. The van der Waals surface area contributed by atoms with Crippen LogP contribution in [0.1, 0.15) is 30.7 Å². The van der Waals surface area contributed by atoms with E-state index >= 15 is 0 Å². The van der Waals surface area contributed by atoms with Crippen LogP contribution in [0.2, 0.25) is 0 Å². The van der Waals surface area contributed by atoms with E-state index in [1.165, 1.54) is 9.88 Å². The fourth-order valence-electron chi connectivity index (χ4n) is 4.29. The Kier molecular flexibility index (Phi) is 7.65. The molecule has 2 unspecified atom stereocenters. The third kappa shape index (κ3) is 5.55. The van der Waals surface area contributed by atoms with Gasteiger partial charge in [0.05, 0.1) is 23.8 Å². The molecule has 2 atom stereocenters. The van der Waals surface area contributed by atoms with Gasteiger partial charge in [-0.15, -0.1) is 22.7 Å². The van der Waals surface area contributed by atoms with Crippen LogP contribution in [0.3, 0.4) is 0 Å². The largest absolute Gasteiger partial charge is 0.376 e. The lowest BCUT2D eigenvalue weighted by atomic mass is 10.1. The summed E-state index contributed by atoms with van der Waals surface area (Å²) < 4.78 is 5.76. The third-order valence-electron chi connectivity index (χ3n) is 5.92. The lowest BCUT2D eigenvalue weighted by Gasteiger charge is -2.37. The number of guanidine groups is 1. The summed E-state index contributed by atoms with van der Waals surface area (Å²) in [5.41, 5.74) is 0. The Morgan fingerprint density at radius 1 is 1.20 bits per heavy atom. The second-order valence-electron chi connectivity index (χ2n) is 8.02. The normalized spacial score (nSPS) is 22.8. The van der Waals surface area contributed by atoms with Gasteiger partial charge in [-0.05, 0) is 48.7 Å². The average molecular weight is 448 g/mol. The first kappa shape index (κ1) is 21.6. The maximum Gasteiger partial charge on any atom is 0.191 e. The molecule has 0 spiro atoms. The fraction of sp³-hybridized carbons (Fsp3) is 0.591. The standard InChI is InChI=1S/C22H33N5OS2/c1-17-16-27(11-12-28-17)19(20-5-3-13-29-20)15-24-22(23-2)25-18-7-9-26(10-8-18)21-6-4-14-30-21/h3-6,13-14,17-19H,7-12,15-16H2,1-2H3,(H2,23,24,25). The molecule has 2 N–H and O–H groups in total. The third-order valence-corrected chi connectivity index (χ3v) is 7.83. The Balaban J connectivity index is 1.30. The van der Waals surface area contributed by atoms with Crippen molar-refractivity contribution in [3.05, 3.63) is 39.9 Å². The number of piperidine rings is 1. The molecule has 2 fully saturated rings. The van der Waals surface area contributed by atoms with Crippen LogP contribution in [0.25, 0.3) is 0 Å². The molecule has 164 valence electrons. The van der Waals surface area contributed by atoms with Gasteiger partial charge in [-0.25, -0.2) is 0 Å². The SMILES string of the molecule is CN=C(NCC(c1cccs1)N1CCOC(C)C1)NC1CCN(c2cccs2)CC1. The molecule has 2 aromatic heterocycles. The van der Waals surface area contributed by atoms with E-state index in [1.54, 1.807) is 0 Å². The van der Waals surface area contributed by atoms with Gasteiger partial charge < -0.3 is 20.3 Å². The summed E-state index contributed by atoms with van der Waals surface area (Å²) in [4.78, 5) is 10.9. The molecule has 6 nitrogen and oxygen atoms in total. The summed E-state index contributed by atoms with van der Waals surface area (Å²) in [5.74, 6) is 0.910. The maximum absolute atomic E-state index is 5.76. The van der Waals surface area contributed by atoms with E-state index in [9.17, 15) is 0 Å². The molecule has 0 saturated carbocycles. The van der Waals surface area contributed by atoms with Crippen molar-refractivity contribution in [2.24, 2.45) is 4.99 Å². The number of aliphatic imine (C=N–C) groups is 1. The van der Waals surface area contributed by atoms with Crippen LogP contribution in [0.15, 0.2) is 40.0 Å². The number of anilines is 1. The van der Waals surface area contributed by atoms with Gasteiger partial charge in [-0.2, -0.15) is 0 Å². The molecule has 30 heavy (non-hydrogen) atoms. The number of morpholine rings is 1. The first-order valence-corrected chi connectivity index (χ1v) is 12.6. The zero-order chi connectivity index (χ0) is 20.8. The van der Waals surface area contributed by atoms with E-state index in [4.69, 9.17) is 4.74 Å². The van der Waals surface area contributed by atoms with Crippen LogP contribution in [0.5, 0.6) is 0 Å². The summed E-state index contributed by atoms with van der Waals surface area (Å²) in [7, 11) is 1.87. The van der Waals surface area contributed by atoms with Crippen LogP contribution in [0, 0.1) is 0 Å². The van der Waals surface area contributed by atoms with Crippen LogP contribution >= 0.6 is 22.7 Å². The van der Waals surface area contributed by atoms with Gasteiger partial charge in [-0.3, -0.25) is 9.89 Å². The highest BCUT2D eigenvalue weighted by Crippen LogP contribution is 2.27. The number of nitrogens with zero attached hydrogens (tertiary/aromatic N) is 3. The van der Waals surface area contributed by atoms with Crippen LogP contribution in [0.4, 0.5) is 5.00 Å². The van der Waals surface area contributed by atoms with E-state index in [2.05, 4.69) is 67.4 Å². The smallest absolute Gasteiger partial charge is 0.191 e. The van der Waals surface area contributed by atoms with E-state index in [0.717, 1.165) is 58.1 Å². The average Bonchev–Trinajstić information content (AvgIpc) is 3.48. The molecule has 2 aliphatic rings. The topological polar surface area (TPSA) is 52.1 Å². The molecule has 0 radical (unpaired) electrons. The monoisotopic (exact) mass is 447 g/mol. The molecular weight excluding hydrogens is 414 g/mol. The molecule has 2 saturated heterocycles. The van der Waals surface area contributed by atoms with Crippen molar-refractivity contribution in [3.8, 4) is 0 Å². The number of nitrogens with one attached hydrogen (secondary N) is 2. The predicted octanol–water partition coefficient (Wildman–Crippen LogP) is 3.41. The van der Waals surface area contributed by atoms with Crippen LogP contribution in [-0.2, 0) is 4.74 Å². The predicted molar refractivity (Wildman–Crippen MR) is 128 cm³/mol. The molecule has 0 aromatic carbocycles. The van der Waals surface area contributed by atoms with Crippen LogP contribution in [-0.4, -0.2) is 69.4 Å². The number of hydrogen-bond acceptors (Lipinski definition) is 6. The number of rotatable bonds is 6. The second kappa shape index (κ2) is 10.6. The van der Waals surface area contributed by atoms with Crippen molar-refractivity contribution < 1.29 is 4.74 Å². The van der Waals surface area contributed by atoms with Crippen molar-refractivity contribution in [3.63, 3.8) is 0 Å². The van der Waals surface area contributed by atoms with E-state index in [-0.39, 0.29) is 6.10 Å². The van der Waals surface area contributed by atoms with E-state index < -0.39 is 0 Å². The summed E-state index contributed by atoms with van der Waals surface area (Å²) >= 11 is 3.66. The van der Waals surface area contributed by atoms with Crippen molar-refractivity contribution >= 4 is 33.6 Å². The van der Waals surface area contributed by atoms with Crippen molar-refractivity contribution in [2.45, 2.75) is 38.0 Å². The maximum atomic E-state index is 5.76. The summed E-state index contributed by atoms with van der Waals surface area (Å²) in [6.07, 6.45) is 2.55. The molecule has 4 rings (SSSR count). The van der Waals surface area contributed by atoms with Gasteiger partial charge in [0.1, 0.15) is 0 Å². The summed E-state index contributed by atoms with van der Waals surface area (Å²) in [5, 5.41) is 13.0. The molecule has 8 heteroatoms. The lowest BCUT2D eigenvalue weighted by molar-refractivity contribution is -0.0334. The summed E-state index contributed by atoms with van der Waals surface area (Å²) in [6, 6.07) is 9.55. The molecule has 2 aliphatic heterocycles. The zero-order valence-corrected chi connectivity index (χ0v) is 19.6. The molecule has 2 aromatic rings. The van der Waals surface area contributed by atoms with E-state index in [1.807, 2.05) is 29.7 Å². The molecule has 0 aliphatic carbocycles. The van der Waals surface area contributed by atoms with Crippen molar-refractivity contribution in [1.29, 1.82) is 0 Å².